The molecule has 2 unspecified atom stereocenters. The van der Waals surface area contributed by atoms with E-state index in [1.54, 1.807) is 0 Å². The molecule has 0 aliphatic heterocycles. The van der Waals surface area contributed by atoms with Gasteiger partial charge in [-0.25, -0.2) is 0 Å². The number of hydrogen-bond acceptors (Lipinski definition) is 2. The van der Waals surface area contributed by atoms with Crippen LogP contribution in [0.15, 0.2) is 0 Å². The van der Waals surface area contributed by atoms with Gasteiger partial charge in [0.15, 0.2) is 0 Å². The molecule has 0 aliphatic carbocycles. The molecule has 0 bridgehead atoms. The number of nitrogens with one attached hydrogen (secondary N) is 1. The van der Waals surface area contributed by atoms with Crippen LogP contribution < -0.4 is 5.32 Å². The van der Waals surface area contributed by atoms with Crippen LogP contribution in [0.3, 0.4) is 0 Å². The molecule has 0 aromatic rings. The van der Waals surface area contributed by atoms with Gasteiger partial charge in [0.2, 0.25) is 0 Å². The molecule has 0 aliphatic rings. The first-order valence-electron chi connectivity index (χ1n) is 6.97. The van der Waals surface area contributed by atoms with E-state index in [0.29, 0.717) is 6.04 Å². The Morgan fingerprint density at radius 3 is 2.25 bits per heavy atom. The summed E-state index contributed by atoms with van der Waals surface area (Å²) in [5, 5.41) is 12.9. The molecular weight excluding hydrogens is 198 g/mol. The molecule has 0 heterocycles. The summed E-state index contributed by atoms with van der Waals surface area (Å²) in [6.45, 7) is 9.90. The van der Waals surface area contributed by atoms with Crippen molar-refractivity contribution in [2.75, 3.05) is 6.54 Å². The summed E-state index contributed by atoms with van der Waals surface area (Å²) < 4.78 is 0. The van der Waals surface area contributed by atoms with Crippen LogP contribution in [0.25, 0.3) is 0 Å². The van der Waals surface area contributed by atoms with Crippen molar-refractivity contribution in [2.24, 2.45) is 5.92 Å². The van der Waals surface area contributed by atoms with E-state index in [1.807, 2.05) is 6.92 Å². The fourth-order valence-electron chi connectivity index (χ4n) is 1.82. The molecule has 2 nitrogen and oxygen atoms in total. The highest BCUT2D eigenvalue weighted by Gasteiger charge is 2.03. The SMILES string of the molecule is CCC(O)CCCNC(C)CCCC(C)C. The van der Waals surface area contributed by atoms with Crippen LogP contribution in [0.1, 0.15) is 66.2 Å². The van der Waals surface area contributed by atoms with Crippen molar-refractivity contribution in [3.05, 3.63) is 0 Å². The zero-order valence-corrected chi connectivity index (χ0v) is 11.6. The summed E-state index contributed by atoms with van der Waals surface area (Å²) in [4.78, 5) is 0. The van der Waals surface area contributed by atoms with Gasteiger partial charge in [-0.1, -0.05) is 33.6 Å². The Balaban J connectivity index is 3.26. The van der Waals surface area contributed by atoms with Crippen molar-refractivity contribution in [3.63, 3.8) is 0 Å². The van der Waals surface area contributed by atoms with E-state index in [9.17, 15) is 5.11 Å². The summed E-state index contributed by atoms with van der Waals surface area (Å²) >= 11 is 0. The van der Waals surface area contributed by atoms with Gasteiger partial charge in [-0.2, -0.15) is 0 Å². The Labute approximate surface area is 102 Å². The lowest BCUT2D eigenvalue weighted by atomic mass is 10.0. The third kappa shape index (κ3) is 10.4. The quantitative estimate of drug-likeness (QED) is 0.563. The third-order valence-electron chi connectivity index (χ3n) is 3.10. The number of aliphatic hydroxyl groups is 1. The fourth-order valence-corrected chi connectivity index (χ4v) is 1.82. The van der Waals surface area contributed by atoms with Gasteiger partial charge in [-0.05, 0) is 45.1 Å². The van der Waals surface area contributed by atoms with Crippen LogP contribution in [0.2, 0.25) is 0 Å². The van der Waals surface area contributed by atoms with E-state index in [1.165, 1.54) is 19.3 Å². The minimum atomic E-state index is -0.0990. The molecule has 0 saturated heterocycles. The summed E-state index contributed by atoms with van der Waals surface area (Å²) in [5.41, 5.74) is 0. The second-order valence-corrected chi connectivity index (χ2v) is 5.38. The van der Waals surface area contributed by atoms with Crippen molar-refractivity contribution >= 4 is 0 Å². The standard InChI is InChI=1S/C14H31NO/c1-5-14(16)10-7-11-15-13(4)9-6-8-12(2)3/h12-16H,5-11H2,1-4H3. The summed E-state index contributed by atoms with van der Waals surface area (Å²) in [7, 11) is 0. The zero-order chi connectivity index (χ0) is 12.4. The minimum Gasteiger partial charge on any atom is -0.393 e. The summed E-state index contributed by atoms with van der Waals surface area (Å²) in [6.07, 6.45) is 6.73. The van der Waals surface area contributed by atoms with Gasteiger partial charge >= 0.3 is 0 Å². The highest BCUT2D eigenvalue weighted by Crippen LogP contribution is 2.08. The van der Waals surface area contributed by atoms with Gasteiger partial charge < -0.3 is 10.4 Å². The van der Waals surface area contributed by atoms with Crippen LogP contribution in [0, 0.1) is 5.92 Å². The third-order valence-corrected chi connectivity index (χ3v) is 3.10. The molecule has 0 rings (SSSR count). The lowest BCUT2D eigenvalue weighted by Crippen LogP contribution is -2.27. The molecule has 0 amide bonds. The monoisotopic (exact) mass is 229 g/mol. The first-order valence-corrected chi connectivity index (χ1v) is 6.97. The van der Waals surface area contributed by atoms with E-state index in [2.05, 4.69) is 26.1 Å². The van der Waals surface area contributed by atoms with E-state index >= 15 is 0 Å². The second-order valence-electron chi connectivity index (χ2n) is 5.38. The normalized spacial score (nSPS) is 15.4. The molecular formula is C14H31NO. The molecule has 2 heteroatoms. The van der Waals surface area contributed by atoms with Crippen LogP contribution >= 0.6 is 0 Å². The van der Waals surface area contributed by atoms with Crippen LogP contribution in [0.4, 0.5) is 0 Å². The Bertz CT molecular complexity index is 148. The fraction of sp³-hybridized carbons (Fsp3) is 1.00. The lowest BCUT2D eigenvalue weighted by Gasteiger charge is -2.15. The van der Waals surface area contributed by atoms with E-state index in [-0.39, 0.29) is 6.10 Å². The highest BCUT2D eigenvalue weighted by atomic mass is 16.3. The average Bonchev–Trinajstić information content (AvgIpc) is 2.23. The van der Waals surface area contributed by atoms with Gasteiger partial charge in [-0.3, -0.25) is 0 Å². The number of rotatable bonds is 10. The molecule has 0 aromatic heterocycles. The van der Waals surface area contributed by atoms with Crippen molar-refractivity contribution in [3.8, 4) is 0 Å². The van der Waals surface area contributed by atoms with E-state index in [4.69, 9.17) is 0 Å². The molecule has 0 radical (unpaired) electrons. The Morgan fingerprint density at radius 1 is 1.00 bits per heavy atom. The largest absolute Gasteiger partial charge is 0.393 e. The minimum absolute atomic E-state index is 0.0990. The van der Waals surface area contributed by atoms with Crippen molar-refractivity contribution in [1.82, 2.24) is 5.32 Å². The summed E-state index contributed by atoms with van der Waals surface area (Å²) in [6, 6.07) is 0.623. The molecule has 0 fully saturated rings. The molecule has 98 valence electrons. The topological polar surface area (TPSA) is 32.3 Å². The number of aliphatic hydroxyl groups excluding tert-OH is 1. The van der Waals surface area contributed by atoms with Gasteiger partial charge in [0, 0.05) is 6.04 Å². The Hall–Kier alpha value is -0.0800. The highest BCUT2D eigenvalue weighted by molar-refractivity contribution is 4.62. The van der Waals surface area contributed by atoms with E-state index in [0.717, 1.165) is 31.7 Å². The maximum Gasteiger partial charge on any atom is 0.0538 e. The van der Waals surface area contributed by atoms with Gasteiger partial charge in [-0.15, -0.1) is 0 Å². The van der Waals surface area contributed by atoms with E-state index < -0.39 is 0 Å². The predicted octanol–water partition coefficient (Wildman–Crippen LogP) is 3.34. The maximum atomic E-state index is 9.40. The van der Waals surface area contributed by atoms with Gasteiger partial charge in [0.1, 0.15) is 0 Å². The lowest BCUT2D eigenvalue weighted by molar-refractivity contribution is 0.157. The zero-order valence-electron chi connectivity index (χ0n) is 11.6. The summed E-state index contributed by atoms with van der Waals surface area (Å²) in [5.74, 6) is 0.826. The smallest absolute Gasteiger partial charge is 0.0538 e. The molecule has 0 spiro atoms. The Kier molecular flexibility index (Phi) is 10.0. The van der Waals surface area contributed by atoms with Crippen LogP contribution in [0.5, 0.6) is 0 Å². The van der Waals surface area contributed by atoms with Crippen molar-refractivity contribution in [2.45, 2.75) is 78.4 Å². The first kappa shape index (κ1) is 15.9. The molecule has 0 aromatic carbocycles. The van der Waals surface area contributed by atoms with Gasteiger partial charge in [0.05, 0.1) is 6.10 Å². The second kappa shape index (κ2) is 10.1. The van der Waals surface area contributed by atoms with Crippen molar-refractivity contribution in [1.29, 1.82) is 0 Å². The maximum absolute atomic E-state index is 9.40. The molecule has 2 N–H and O–H groups in total. The average molecular weight is 229 g/mol. The molecule has 2 atom stereocenters. The van der Waals surface area contributed by atoms with Crippen molar-refractivity contribution < 1.29 is 5.11 Å². The Morgan fingerprint density at radius 2 is 1.69 bits per heavy atom. The van der Waals surface area contributed by atoms with Crippen LogP contribution in [-0.4, -0.2) is 23.8 Å². The first-order chi connectivity index (χ1) is 7.56. The molecule has 0 saturated carbocycles. The predicted molar refractivity (Wildman–Crippen MR) is 71.7 cm³/mol. The number of hydrogen-bond donors (Lipinski definition) is 2. The van der Waals surface area contributed by atoms with Gasteiger partial charge in [0.25, 0.3) is 0 Å². The molecule has 16 heavy (non-hydrogen) atoms. The van der Waals surface area contributed by atoms with Crippen LogP contribution in [-0.2, 0) is 0 Å².